The summed E-state index contributed by atoms with van der Waals surface area (Å²) in [6.45, 7) is 1.18. The van der Waals surface area contributed by atoms with E-state index in [2.05, 4.69) is 4.98 Å². The predicted octanol–water partition coefficient (Wildman–Crippen LogP) is 2.76. The lowest BCUT2D eigenvalue weighted by atomic mass is 10.0. The number of pyridine rings is 1. The molecule has 1 N–H and O–H groups in total. The molecule has 162 valence electrons. The number of likely N-dealkylation sites (tertiary alicyclic amines) is 1. The Bertz CT molecular complexity index is 844. The van der Waals surface area contributed by atoms with Crippen LogP contribution in [0.3, 0.4) is 0 Å². The van der Waals surface area contributed by atoms with Crippen molar-refractivity contribution in [2.24, 2.45) is 0 Å². The summed E-state index contributed by atoms with van der Waals surface area (Å²) < 4.78 is 48.9. The maximum Gasteiger partial charge on any atom is 0.490 e. The van der Waals surface area contributed by atoms with Crippen molar-refractivity contribution in [3.05, 3.63) is 48.6 Å². The van der Waals surface area contributed by atoms with Crippen molar-refractivity contribution in [3.63, 3.8) is 0 Å². The number of halogens is 3. The van der Waals surface area contributed by atoms with E-state index in [0.717, 1.165) is 12.8 Å². The molecule has 0 spiro atoms. The second-order valence-corrected chi connectivity index (χ2v) is 6.61. The lowest BCUT2D eigenvalue weighted by molar-refractivity contribution is -0.192. The van der Waals surface area contributed by atoms with Gasteiger partial charge in [0.15, 0.2) is 5.76 Å². The van der Waals surface area contributed by atoms with Crippen LogP contribution in [0.4, 0.5) is 13.2 Å². The molecule has 4 heterocycles. The third-order valence-corrected chi connectivity index (χ3v) is 4.62. The van der Waals surface area contributed by atoms with Crippen LogP contribution >= 0.6 is 0 Å². The SMILES string of the molecule is O=C(O)C(F)(F)F.O=C(c1ccco1)N1C[C@H](Oc2ccccn2)[C@H]2OCCC[C@H]21. The number of rotatable bonds is 3. The van der Waals surface area contributed by atoms with Crippen LogP contribution in [0.2, 0.25) is 0 Å². The molecule has 0 aliphatic carbocycles. The summed E-state index contributed by atoms with van der Waals surface area (Å²) in [4.78, 5) is 27.6. The quantitative estimate of drug-likeness (QED) is 0.802. The molecule has 11 heteroatoms. The van der Waals surface area contributed by atoms with Gasteiger partial charge in [-0.15, -0.1) is 0 Å². The molecule has 0 unspecified atom stereocenters. The van der Waals surface area contributed by atoms with Gasteiger partial charge in [-0.1, -0.05) is 6.07 Å². The third-order valence-electron chi connectivity index (χ3n) is 4.62. The number of alkyl halides is 3. The standard InChI is InChI=1S/C17H18N2O4.C2HF3O2/c20-17(13-6-4-9-21-13)19-11-14(16-12(19)5-3-10-22-16)23-15-7-1-2-8-18-15;3-2(4,5)1(6)7/h1-2,4,6-9,12,14,16H,3,5,10-11H2;(H,6,7)/t12-,14+,16+;/m1./s1. The number of fused-ring (bicyclic) bond motifs is 1. The van der Waals surface area contributed by atoms with Crippen molar-refractivity contribution < 1.29 is 41.8 Å². The number of carbonyl (C=O) groups is 2. The first-order valence-electron chi connectivity index (χ1n) is 9.11. The molecule has 0 aromatic carbocycles. The molecule has 30 heavy (non-hydrogen) atoms. The molecule has 2 saturated heterocycles. The van der Waals surface area contributed by atoms with Gasteiger partial charge in [0.2, 0.25) is 5.88 Å². The molecule has 2 aromatic rings. The maximum absolute atomic E-state index is 12.7. The van der Waals surface area contributed by atoms with Crippen LogP contribution in [0, 0.1) is 0 Å². The second-order valence-electron chi connectivity index (χ2n) is 6.61. The molecular formula is C19H19F3N2O6. The monoisotopic (exact) mass is 428 g/mol. The van der Waals surface area contributed by atoms with E-state index in [9.17, 15) is 18.0 Å². The van der Waals surface area contributed by atoms with Crippen molar-refractivity contribution in [2.45, 2.75) is 37.3 Å². The van der Waals surface area contributed by atoms with Crippen LogP contribution < -0.4 is 4.74 Å². The number of carbonyl (C=O) groups excluding carboxylic acids is 1. The number of nitrogens with zero attached hydrogens (tertiary/aromatic N) is 2. The number of hydrogen-bond donors (Lipinski definition) is 1. The van der Waals surface area contributed by atoms with E-state index in [-0.39, 0.29) is 24.2 Å². The number of ether oxygens (including phenoxy) is 2. The van der Waals surface area contributed by atoms with E-state index < -0.39 is 12.1 Å². The zero-order valence-corrected chi connectivity index (χ0v) is 15.6. The Labute approximate surface area is 169 Å². The summed E-state index contributed by atoms with van der Waals surface area (Å²) in [5, 5.41) is 7.12. The van der Waals surface area contributed by atoms with E-state index in [0.29, 0.717) is 24.8 Å². The Morgan fingerprint density at radius 2 is 2.00 bits per heavy atom. The van der Waals surface area contributed by atoms with E-state index in [1.54, 1.807) is 18.3 Å². The van der Waals surface area contributed by atoms with Crippen molar-refractivity contribution in [3.8, 4) is 5.88 Å². The summed E-state index contributed by atoms with van der Waals surface area (Å²) in [6, 6.07) is 8.97. The zero-order chi connectivity index (χ0) is 21.7. The molecule has 0 bridgehead atoms. The van der Waals surface area contributed by atoms with Gasteiger partial charge in [-0.25, -0.2) is 9.78 Å². The van der Waals surface area contributed by atoms with Gasteiger partial charge < -0.3 is 23.9 Å². The van der Waals surface area contributed by atoms with Gasteiger partial charge in [0, 0.05) is 18.9 Å². The summed E-state index contributed by atoms with van der Waals surface area (Å²) in [6.07, 6.45) is -0.354. The third kappa shape index (κ3) is 5.09. The van der Waals surface area contributed by atoms with Crippen LogP contribution in [0.15, 0.2) is 47.2 Å². The Kier molecular flexibility index (Phi) is 6.60. The fraction of sp³-hybridized carbons (Fsp3) is 0.421. The van der Waals surface area contributed by atoms with Crippen LogP contribution in [0.5, 0.6) is 5.88 Å². The highest BCUT2D eigenvalue weighted by Gasteiger charge is 2.48. The smallest absolute Gasteiger partial charge is 0.475 e. The number of carboxylic acids is 1. The van der Waals surface area contributed by atoms with Crippen LogP contribution in [-0.2, 0) is 9.53 Å². The lowest BCUT2D eigenvalue weighted by Gasteiger charge is -2.31. The number of aromatic nitrogens is 1. The molecular weight excluding hydrogens is 409 g/mol. The lowest BCUT2D eigenvalue weighted by Crippen LogP contribution is -2.44. The molecule has 0 saturated carbocycles. The van der Waals surface area contributed by atoms with E-state index in [1.807, 2.05) is 23.1 Å². The number of hydrogen-bond acceptors (Lipinski definition) is 6. The molecule has 2 aromatic heterocycles. The first kappa shape index (κ1) is 21.6. The molecule has 3 atom stereocenters. The molecule has 0 radical (unpaired) electrons. The topological polar surface area (TPSA) is 102 Å². The molecule has 2 fully saturated rings. The minimum absolute atomic E-state index is 0.0232. The molecule has 8 nitrogen and oxygen atoms in total. The Balaban J connectivity index is 0.000000318. The Morgan fingerprint density at radius 3 is 2.60 bits per heavy atom. The first-order chi connectivity index (χ1) is 14.3. The summed E-state index contributed by atoms with van der Waals surface area (Å²) >= 11 is 0. The number of amides is 1. The number of furan rings is 1. The number of aliphatic carboxylic acids is 1. The fourth-order valence-electron chi connectivity index (χ4n) is 3.36. The van der Waals surface area contributed by atoms with Gasteiger partial charge in [-0.05, 0) is 31.0 Å². The van der Waals surface area contributed by atoms with E-state index in [4.69, 9.17) is 23.8 Å². The van der Waals surface area contributed by atoms with Crippen LogP contribution in [0.25, 0.3) is 0 Å². The molecule has 2 aliphatic heterocycles. The van der Waals surface area contributed by atoms with Gasteiger partial charge in [0.05, 0.1) is 18.8 Å². The van der Waals surface area contributed by atoms with Gasteiger partial charge in [-0.2, -0.15) is 13.2 Å². The molecule has 4 rings (SSSR count). The van der Waals surface area contributed by atoms with Crippen molar-refractivity contribution >= 4 is 11.9 Å². The van der Waals surface area contributed by atoms with Gasteiger partial charge >= 0.3 is 12.1 Å². The van der Waals surface area contributed by atoms with Gasteiger partial charge in [-0.3, -0.25) is 4.79 Å². The maximum atomic E-state index is 12.7. The second kappa shape index (κ2) is 9.16. The van der Waals surface area contributed by atoms with Gasteiger partial charge in [0.25, 0.3) is 5.91 Å². The normalized spacial score (nSPS) is 23.2. The van der Waals surface area contributed by atoms with Crippen molar-refractivity contribution in [2.75, 3.05) is 13.2 Å². The van der Waals surface area contributed by atoms with E-state index in [1.165, 1.54) is 6.26 Å². The van der Waals surface area contributed by atoms with Crippen molar-refractivity contribution in [1.82, 2.24) is 9.88 Å². The summed E-state index contributed by atoms with van der Waals surface area (Å²) in [5.41, 5.74) is 0. The minimum Gasteiger partial charge on any atom is -0.475 e. The predicted molar refractivity (Wildman–Crippen MR) is 94.9 cm³/mol. The van der Waals surface area contributed by atoms with Crippen molar-refractivity contribution in [1.29, 1.82) is 0 Å². The highest BCUT2D eigenvalue weighted by molar-refractivity contribution is 5.92. The number of carboxylic acid groups (broad SMARTS) is 1. The first-order valence-corrected chi connectivity index (χ1v) is 9.11. The van der Waals surface area contributed by atoms with E-state index >= 15 is 0 Å². The summed E-state index contributed by atoms with van der Waals surface area (Å²) in [7, 11) is 0. The highest BCUT2D eigenvalue weighted by atomic mass is 19.4. The average Bonchev–Trinajstić information content (AvgIpc) is 3.37. The Morgan fingerprint density at radius 1 is 1.23 bits per heavy atom. The van der Waals surface area contributed by atoms with Crippen LogP contribution in [-0.4, -0.2) is 64.4 Å². The average molecular weight is 428 g/mol. The largest absolute Gasteiger partial charge is 0.490 e. The minimum atomic E-state index is -5.08. The zero-order valence-electron chi connectivity index (χ0n) is 15.6. The molecule has 1 amide bonds. The van der Waals surface area contributed by atoms with Gasteiger partial charge in [0.1, 0.15) is 12.2 Å². The molecule has 2 aliphatic rings. The highest BCUT2D eigenvalue weighted by Crippen LogP contribution is 2.32. The fourth-order valence-corrected chi connectivity index (χ4v) is 3.36. The Hall–Kier alpha value is -3.08. The summed E-state index contributed by atoms with van der Waals surface area (Å²) in [5.74, 6) is -1.96. The van der Waals surface area contributed by atoms with Crippen LogP contribution in [0.1, 0.15) is 23.4 Å².